The molecule has 4 rings (SSSR count). The van der Waals surface area contributed by atoms with Crippen molar-refractivity contribution in [2.24, 2.45) is 0 Å². The minimum absolute atomic E-state index is 0.0637. The Balaban J connectivity index is 1.41. The molecule has 27 heavy (non-hydrogen) atoms. The summed E-state index contributed by atoms with van der Waals surface area (Å²) in [5.74, 6) is -0.309. The van der Waals surface area contributed by atoms with E-state index in [1.165, 1.54) is 6.07 Å². The molecule has 0 aliphatic heterocycles. The van der Waals surface area contributed by atoms with E-state index in [4.69, 9.17) is 0 Å². The molecule has 7 nitrogen and oxygen atoms in total. The SMILES string of the molecule is O=C(NCCc1c[nH]c2ccccc12)c1ccc(NC2CC2)c([N+](=O)[O-])c1. The van der Waals surface area contributed by atoms with E-state index in [0.717, 1.165) is 29.3 Å². The zero-order valence-corrected chi connectivity index (χ0v) is 14.7. The number of nitro groups is 1. The maximum absolute atomic E-state index is 12.4. The Kier molecular flexibility index (Phi) is 4.50. The number of carbonyl (C=O) groups is 1. The number of hydrogen-bond acceptors (Lipinski definition) is 4. The van der Waals surface area contributed by atoms with Crippen LogP contribution in [0.25, 0.3) is 10.9 Å². The van der Waals surface area contributed by atoms with Gasteiger partial charge in [-0.2, -0.15) is 0 Å². The zero-order chi connectivity index (χ0) is 18.8. The predicted molar refractivity (Wildman–Crippen MR) is 104 cm³/mol. The van der Waals surface area contributed by atoms with Gasteiger partial charge in [-0.1, -0.05) is 18.2 Å². The van der Waals surface area contributed by atoms with Gasteiger partial charge in [-0.15, -0.1) is 0 Å². The van der Waals surface area contributed by atoms with Gasteiger partial charge in [-0.05, 0) is 43.0 Å². The second kappa shape index (κ2) is 7.11. The number of nitrogens with one attached hydrogen (secondary N) is 3. The number of benzene rings is 2. The van der Waals surface area contributed by atoms with Gasteiger partial charge in [0.1, 0.15) is 5.69 Å². The largest absolute Gasteiger partial charge is 0.377 e. The van der Waals surface area contributed by atoms with Crippen molar-refractivity contribution in [2.45, 2.75) is 25.3 Å². The monoisotopic (exact) mass is 364 g/mol. The standard InChI is InChI=1S/C20H20N4O3/c25-20(21-10-9-14-12-22-17-4-2-1-3-16(14)17)13-5-8-18(23-15-6-7-15)19(11-13)24(26)27/h1-5,8,11-12,15,22-23H,6-7,9-10H2,(H,21,25). The summed E-state index contributed by atoms with van der Waals surface area (Å²) in [6.45, 7) is 0.455. The third-order valence-corrected chi connectivity index (χ3v) is 4.75. The van der Waals surface area contributed by atoms with Gasteiger partial charge in [0, 0.05) is 41.3 Å². The Morgan fingerprint density at radius 3 is 2.81 bits per heavy atom. The number of para-hydroxylation sites is 1. The normalized spacial score (nSPS) is 13.5. The third-order valence-electron chi connectivity index (χ3n) is 4.75. The molecule has 3 aromatic rings. The number of hydrogen-bond donors (Lipinski definition) is 3. The highest BCUT2D eigenvalue weighted by molar-refractivity contribution is 5.95. The van der Waals surface area contributed by atoms with E-state index in [-0.39, 0.29) is 11.6 Å². The molecule has 1 heterocycles. The van der Waals surface area contributed by atoms with Crippen LogP contribution in [0.4, 0.5) is 11.4 Å². The molecule has 0 atom stereocenters. The molecule has 3 N–H and O–H groups in total. The number of aromatic nitrogens is 1. The fourth-order valence-corrected chi connectivity index (χ4v) is 3.14. The minimum atomic E-state index is -0.451. The summed E-state index contributed by atoms with van der Waals surface area (Å²) < 4.78 is 0. The molecule has 0 saturated heterocycles. The van der Waals surface area contributed by atoms with Crippen molar-refractivity contribution in [1.82, 2.24) is 10.3 Å². The van der Waals surface area contributed by atoms with E-state index in [0.29, 0.717) is 30.3 Å². The van der Waals surface area contributed by atoms with Crippen molar-refractivity contribution in [3.05, 3.63) is 69.9 Å². The van der Waals surface area contributed by atoms with Crippen LogP contribution >= 0.6 is 0 Å². The van der Waals surface area contributed by atoms with E-state index < -0.39 is 4.92 Å². The molecule has 2 aromatic carbocycles. The summed E-state index contributed by atoms with van der Waals surface area (Å²) in [5.41, 5.74) is 2.89. The summed E-state index contributed by atoms with van der Waals surface area (Å²) in [7, 11) is 0. The summed E-state index contributed by atoms with van der Waals surface area (Å²) in [6.07, 6.45) is 4.67. The molecule has 1 aromatic heterocycles. The predicted octanol–water partition coefficient (Wildman–Crippen LogP) is 3.62. The summed E-state index contributed by atoms with van der Waals surface area (Å²) in [5, 5.41) is 18.4. The molecule has 7 heteroatoms. The summed E-state index contributed by atoms with van der Waals surface area (Å²) >= 11 is 0. The first-order valence-corrected chi connectivity index (χ1v) is 9.00. The topological polar surface area (TPSA) is 100 Å². The van der Waals surface area contributed by atoms with E-state index in [9.17, 15) is 14.9 Å². The molecule has 1 saturated carbocycles. The molecule has 1 fully saturated rings. The Labute approximate surface area is 155 Å². The van der Waals surface area contributed by atoms with E-state index >= 15 is 0 Å². The molecule has 1 aliphatic rings. The number of H-pyrrole nitrogens is 1. The molecule has 0 unspecified atom stereocenters. The van der Waals surface area contributed by atoms with E-state index in [2.05, 4.69) is 15.6 Å². The Morgan fingerprint density at radius 2 is 2.04 bits per heavy atom. The van der Waals surface area contributed by atoms with Crippen LogP contribution in [-0.4, -0.2) is 28.4 Å². The fraction of sp³-hybridized carbons (Fsp3) is 0.250. The molecule has 138 valence electrons. The van der Waals surface area contributed by atoms with Gasteiger partial charge in [0.2, 0.25) is 0 Å². The van der Waals surface area contributed by atoms with Crippen molar-refractivity contribution in [3.63, 3.8) is 0 Å². The molecule has 0 radical (unpaired) electrons. The number of anilines is 1. The molecule has 0 spiro atoms. The minimum Gasteiger partial charge on any atom is -0.377 e. The molecular formula is C20H20N4O3. The maximum atomic E-state index is 12.4. The van der Waals surface area contributed by atoms with E-state index in [1.807, 2.05) is 30.5 Å². The number of nitro benzene ring substituents is 1. The van der Waals surface area contributed by atoms with Crippen LogP contribution in [0.15, 0.2) is 48.7 Å². The molecule has 1 aliphatic carbocycles. The number of fused-ring (bicyclic) bond motifs is 1. The van der Waals surface area contributed by atoms with Crippen molar-refractivity contribution < 1.29 is 9.72 Å². The smallest absolute Gasteiger partial charge is 0.293 e. The van der Waals surface area contributed by atoms with Crippen LogP contribution in [0, 0.1) is 10.1 Å². The van der Waals surface area contributed by atoms with Gasteiger partial charge in [0.15, 0.2) is 0 Å². The first-order chi connectivity index (χ1) is 13.1. The molecule has 0 bridgehead atoms. The highest BCUT2D eigenvalue weighted by Crippen LogP contribution is 2.31. The lowest BCUT2D eigenvalue weighted by Gasteiger charge is -2.08. The van der Waals surface area contributed by atoms with Crippen LogP contribution in [-0.2, 0) is 6.42 Å². The Morgan fingerprint density at radius 1 is 1.22 bits per heavy atom. The van der Waals surface area contributed by atoms with Gasteiger partial charge >= 0.3 is 0 Å². The van der Waals surface area contributed by atoms with E-state index in [1.54, 1.807) is 12.1 Å². The lowest BCUT2D eigenvalue weighted by Crippen LogP contribution is -2.25. The second-order valence-electron chi connectivity index (χ2n) is 6.77. The van der Waals surface area contributed by atoms with Crippen LogP contribution in [0.3, 0.4) is 0 Å². The highest BCUT2D eigenvalue weighted by atomic mass is 16.6. The number of aromatic amines is 1. The number of amides is 1. The number of nitrogens with zero attached hydrogens (tertiary/aromatic N) is 1. The van der Waals surface area contributed by atoms with Crippen molar-refractivity contribution in [2.75, 3.05) is 11.9 Å². The lowest BCUT2D eigenvalue weighted by molar-refractivity contribution is -0.384. The van der Waals surface area contributed by atoms with Gasteiger partial charge in [-0.3, -0.25) is 14.9 Å². The Bertz CT molecular complexity index is 1010. The number of rotatable bonds is 7. The third kappa shape index (κ3) is 3.76. The highest BCUT2D eigenvalue weighted by Gasteiger charge is 2.25. The average molecular weight is 364 g/mol. The molecule has 1 amide bonds. The second-order valence-corrected chi connectivity index (χ2v) is 6.77. The Hall–Kier alpha value is -3.35. The van der Waals surface area contributed by atoms with Crippen LogP contribution in [0.2, 0.25) is 0 Å². The number of carbonyl (C=O) groups excluding carboxylic acids is 1. The fourth-order valence-electron chi connectivity index (χ4n) is 3.14. The van der Waals surface area contributed by atoms with Crippen molar-refractivity contribution in [1.29, 1.82) is 0 Å². The summed E-state index contributed by atoms with van der Waals surface area (Å²) in [4.78, 5) is 26.5. The zero-order valence-electron chi connectivity index (χ0n) is 14.7. The van der Waals surface area contributed by atoms with Crippen LogP contribution in [0.5, 0.6) is 0 Å². The van der Waals surface area contributed by atoms with Gasteiger partial charge < -0.3 is 15.6 Å². The maximum Gasteiger partial charge on any atom is 0.293 e. The lowest BCUT2D eigenvalue weighted by atomic mass is 10.1. The van der Waals surface area contributed by atoms with Crippen LogP contribution < -0.4 is 10.6 Å². The van der Waals surface area contributed by atoms with Crippen molar-refractivity contribution >= 4 is 28.2 Å². The van der Waals surface area contributed by atoms with Gasteiger partial charge in [0.05, 0.1) is 4.92 Å². The molecular weight excluding hydrogens is 344 g/mol. The average Bonchev–Trinajstić information content (AvgIpc) is 3.40. The van der Waals surface area contributed by atoms with Crippen LogP contribution in [0.1, 0.15) is 28.8 Å². The van der Waals surface area contributed by atoms with Gasteiger partial charge in [0.25, 0.3) is 11.6 Å². The van der Waals surface area contributed by atoms with Crippen molar-refractivity contribution in [3.8, 4) is 0 Å². The first-order valence-electron chi connectivity index (χ1n) is 9.00. The van der Waals surface area contributed by atoms with Gasteiger partial charge in [-0.25, -0.2) is 0 Å². The quantitative estimate of drug-likeness (QED) is 0.440. The first kappa shape index (κ1) is 17.1. The summed E-state index contributed by atoms with van der Waals surface area (Å²) in [6, 6.07) is 12.9.